The molecular formula is C5H9NO3. The molecule has 0 amide bonds. The maximum atomic E-state index is 10.3. The van der Waals surface area contributed by atoms with Crippen molar-refractivity contribution < 1.29 is 15.0 Å². The Labute approximate surface area is 54.0 Å². The number of carboxylic acids is 1. The van der Waals surface area contributed by atoms with Crippen LogP contribution in [0.2, 0.25) is 0 Å². The number of aliphatic hydroxyl groups excluding tert-OH is 1. The third kappa shape index (κ3) is 1.20. The van der Waals surface area contributed by atoms with Crippen molar-refractivity contribution in [2.75, 3.05) is 6.54 Å². The number of aliphatic hydroxyl groups is 1. The van der Waals surface area contributed by atoms with Gasteiger partial charge >= 0.3 is 5.97 Å². The molecule has 0 aliphatic carbocycles. The number of hydrogen-bond acceptors (Lipinski definition) is 3. The van der Waals surface area contributed by atoms with Crippen LogP contribution < -0.4 is 5.32 Å². The van der Waals surface area contributed by atoms with Crippen LogP contribution in [0.25, 0.3) is 0 Å². The highest BCUT2D eigenvalue weighted by molar-refractivity contribution is 5.74. The Hall–Kier alpha value is -0.610. The van der Waals surface area contributed by atoms with E-state index in [4.69, 9.17) is 6.54 Å². The van der Waals surface area contributed by atoms with Crippen molar-refractivity contribution >= 4 is 5.97 Å². The molecule has 1 heterocycles. The zero-order chi connectivity index (χ0) is 7.56. The van der Waals surface area contributed by atoms with Crippen molar-refractivity contribution in [2.45, 2.75) is 18.6 Å². The van der Waals surface area contributed by atoms with Crippen LogP contribution in [0.5, 0.6) is 0 Å². The van der Waals surface area contributed by atoms with E-state index in [2.05, 4.69) is 10.4 Å². The summed E-state index contributed by atoms with van der Waals surface area (Å²) in [7, 11) is 0. The monoisotopic (exact) mass is 132 g/mol. The van der Waals surface area contributed by atoms with E-state index in [0.29, 0.717) is 13.0 Å². The van der Waals surface area contributed by atoms with Crippen molar-refractivity contribution in [3.8, 4) is 0 Å². The maximum Gasteiger partial charge on any atom is 0.323 e. The van der Waals surface area contributed by atoms with Crippen LogP contribution in [-0.2, 0) is 4.79 Å². The fourth-order valence-corrected chi connectivity index (χ4v) is 0.926. The molecule has 0 unspecified atom stereocenters. The standard InChI is InChI=1S/C5H9NO3/c7-3-1-2-6-4(3)5(8)9/h3-4,6-7H,1-2H2,(H,8,9)/t3-,4-/m0/s1/i7D. The zero-order valence-electron chi connectivity index (χ0n) is 5.83. The Kier molecular flexibility index (Phi) is 1.34. The van der Waals surface area contributed by atoms with E-state index in [1.54, 1.807) is 0 Å². The Morgan fingerprint density at radius 3 is 3.11 bits per heavy atom. The lowest BCUT2D eigenvalue weighted by atomic mass is 10.2. The first-order valence-electron chi connectivity index (χ1n) is 3.24. The molecule has 0 saturated carbocycles. The summed E-state index contributed by atoms with van der Waals surface area (Å²) in [5.41, 5.74) is 0. The third-order valence-corrected chi connectivity index (χ3v) is 1.43. The van der Waals surface area contributed by atoms with Gasteiger partial charge in [0.05, 0.1) is 6.10 Å². The molecular weight excluding hydrogens is 122 g/mol. The largest absolute Gasteiger partial charge is 0.480 e. The molecule has 1 aliphatic heterocycles. The minimum absolute atomic E-state index is 0.488. The maximum absolute atomic E-state index is 10.3. The molecule has 1 saturated heterocycles. The zero-order valence-corrected chi connectivity index (χ0v) is 4.83. The molecule has 0 aromatic rings. The molecule has 2 atom stereocenters. The average molecular weight is 132 g/mol. The van der Waals surface area contributed by atoms with E-state index in [-0.39, 0.29) is 0 Å². The van der Waals surface area contributed by atoms with Gasteiger partial charge in [-0.25, -0.2) is 0 Å². The first-order chi connectivity index (χ1) is 4.75. The van der Waals surface area contributed by atoms with Gasteiger partial charge < -0.3 is 15.5 Å². The van der Waals surface area contributed by atoms with Crippen LogP contribution >= 0.6 is 0 Å². The second-order valence-electron chi connectivity index (χ2n) is 2.10. The molecule has 3 N–H and O–H groups in total. The topological polar surface area (TPSA) is 69.6 Å². The van der Waals surface area contributed by atoms with Gasteiger partial charge in [0.25, 0.3) is 0 Å². The summed E-state index contributed by atoms with van der Waals surface area (Å²) in [5.74, 6) is -0.949. The van der Waals surface area contributed by atoms with Crippen LogP contribution in [-0.4, -0.2) is 36.3 Å². The highest BCUT2D eigenvalue weighted by Crippen LogP contribution is 2.05. The minimum Gasteiger partial charge on any atom is -0.480 e. The molecule has 0 aromatic carbocycles. The van der Waals surface area contributed by atoms with Crippen LogP contribution in [0.1, 0.15) is 6.42 Å². The van der Waals surface area contributed by atoms with E-state index in [9.17, 15) is 4.79 Å². The van der Waals surface area contributed by atoms with Crippen LogP contribution in [0.3, 0.4) is 0 Å². The lowest BCUT2D eigenvalue weighted by Gasteiger charge is -2.06. The molecule has 9 heavy (non-hydrogen) atoms. The summed E-state index contributed by atoms with van der Waals surface area (Å²) >= 11 is 0. The number of aliphatic carboxylic acids is 1. The fourth-order valence-electron chi connectivity index (χ4n) is 0.926. The van der Waals surface area contributed by atoms with Crippen LogP contribution in [0.15, 0.2) is 0 Å². The molecule has 0 spiro atoms. The second kappa shape index (κ2) is 2.33. The van der Waals surface area contributed by atoms with Crippen molar-refractivity contribution in [3.05, 3.63) is 0 Å². The summed E-state index contributed by atoms with van der Waals surface area (Å²) in [4.78, 5) is 10.3. The van der Waals surface area contributed by atoms with Gasteiger partial charge in [-0.15, -0.1) is 0 Å². The SMILES string of the molecule is [2H]O[C@H]1CCN[C@@H]1C(=O)O. The quantitative estimate of drug-likeness (QED) is 0.441. The molecule has 0 bridgehead atoms. The first-order valence-corrected chi connectivity index (χ1v) is 2.84. The van der Waals surface area contributed by atoms with Crippen molar-refractivity contribution in [1.82, 2.24) is 5.32 Å². The third-order valence-electron chi connectivity index (χ3n) is 1.43. The van der Waals surface area contributed by atoms with Gasteiger partial charge in [0.1, 0.15) is 6.04 Å². The Balaban J connectivity index is 2.50. The summed E-state index contributed by atoms with van der Waals surface area (Å²) < 4.78 is 6.52. The highest BCUT2D eigenvalue weighted by Gasteiger charge is 2.30. The Bertz CT molecular complexity index is 141. The number of carbonyl (C=O) groups is 1. The normalized spacial score (nSPS) is 36.2. The first kappa shape index (κ1) is 5.20. The summed E-state index contributed by atoms with van der Waals surface area (Å²) in [5, 5.41) is 15.4. The molecule has 1 aliphatic rings. The van der Waals surface area contributed by atoms with Crippen molar-refractivity contribution in [1.29, 1.82) is 1.43 Å². The summed E-state index contributed by atoms with van der Waals surface area (Å²) in [6.07, 6.45) is 0.109. The van der Waals surface area contributed by atoms with Gasteiger partial charge in [0, 0.05) is 0 Å². The van der Waals surface area contributed by atoms with E-state index < -0.39 is 18.1 Å². The molecule has 52 valence electrons. The number of nitrogens with one attached hydrogen (secondary N) is 1. The van der Waals surface area contributed by atoms with Crippen LogP contribution in [0.4, 0.5) is 0 Å². The van der Waals surface area contributed by atoms with Gasteiger partial charge in [0.2, 0.25) is 1.43 Å². The lowest BCUT2D eigenvalue weighted by molar-refractivity contribution is -0.141. The summed E-state index contributed by atoms with van der Waals surface area (Å²) in [6.45, 7) is 0.612. The van der Waals surface area contributed by atoms with Crippen molar-refractivity contribution in [2.24, 2.45) is 0 Å². The van der Waals surface area contributed by atoms with E-state index in [1.807, 2.05) is 0 Å². The van der Waals surface area contributed by atoms with Gasteiger partial charge in [-0.1, -0.05) is 0 Å². The molecule has 1 rings (SSSR count). The molecule has 1 fully saturated rings. The fraction of sp³-hybridized carbons (Fsp3) is 0.800. The van der Waals surface area contributed by atoms with E-state index in [1.165, 1.54) is 0 Å². The highest BCUT2D eigenvalue weighted by atomic mass is 16.4. The molecule has 4 nitrogen and oxygen atoms in total. The van der Waals surface area contributed by atoms with Gasteiger partial charge in [-0.2, -0.15) is 0 Å². The number of hydrogen-bond donors (Lipinski definition) is 3. The van der Waals surface area contributed by atoms with Crippen LogP contribution in [0, 0.1) is 0 Å². The summed E-state index contributed by atoms with van der Waals surface area (Å²) in [6, 6.07) is -0.697. The van der Waals surface area contributed by atoms with Crippen molar-refractivity contribution in [3.63, 3.8) is 0 Å². The average Bonchev–Trinajstić information content (AvgIpc) is 2.33. The second-order valence-corrected chi connectivity index (χ2v) is 2.10. The molecule has 0 aromatic heterocycles. The number of rotatable bonds is 2. The smallest absolute Gasteiger partial charge is 0.323 e. The predicted molar refractivity (Wildman–Crippen MR) is 30.1 cm³/mol. The molecule has 0 radical (unpaired) electrons. The lowest BCUT2D eigenvalue weighted by Crippen LogP contribution is -2.38. The van der Waals surface area contributed by atoms with Gasteiger partial charge in [-0.05, 0) is 13.0 Å². The number of carboxylic acid groups (broad SMARTS) is 1. The Morgan fingerprint density at radius 2 is 2.67 bits per heavy atom. The molecule has 4 heteroatoms. The van der Waals surface area contributed by atoms with E-state index in [0.717, 1.165) is 0 Å². The minimum atomic E-state index is -0.949. The van der Waals surface area contributed by atoms with Gasteiger partial charge in [0.15, 0.2) is 0 Å². The predicted octanol–water partition coefficient (Wildman–Crippen LogP) is -1.21. The Morgan fingerprint density at radius 1 is 1.89 bits per heavy atom. The van der Waals surface area contributed by atoms with Gasteiger partial charge in [-0.3, -0.25) is 4.79 Å². The van der Waals surface area contributed by atoms with E-state index >= 15 is 0 Å².